The van der Waals surface area contributed by atoms with E-state index in [0.717, 1.165) is 24.8 Å². The third-order valence-corrected chi connectivity index (χ3v) is 7.49. The number of aryl methyl sites for hydroxylation is 2. The fourth-order valence-electron chi connectivity index (χ4n) is 4.33. The van der Waals surface area contributed by atoms with Crippen LogP contribution in [0, 0.1) is 0 Å². The lowest BCUT2D eigenvalue weighted by atomic mass is 9.97. The van der Waals surface area contributed by atoms with Crippen LogP contribution in [0.2, 0.25) is 5.02 Å². The van der Waals surface area contributed by atoms with Crippen molar-refractivity contribution >= 4 is 44.2 Å². The van der Waals surface area contributed by atoms with Crippen LogP contribution in [0.25, 0.3) is 22.0 Å². The van der Waals surface area contributed by atoms with Gasteiger partial charge in [-0.3, -0.25) is 9.71 Å². The van der Waals surface area contributed by atoms with Gasteiger partial charge < -0.3 is 5.11 Å². The molecule has 1 aliphatic rings. The van der Waals surface area contributed by atoms with Crippen molar-refractivity contribution in [3.05, 3.63) is 88.6 Å². The number of carbonyl (C=O) groups is 1. The average molecular weight is 479 g/mol. The normalized spacial score (nSPS) is 13.1. The summed E-state index contributed by atoms with van der Waals surface area (Å²) in [5, 5.41) is 10.5. The van der Waals surface area contributed by atoms with Crippen LogP contribution in [0.1, 0.15) is 27.9 Å². The number of nitrogens with one attached hydrogen (secondary N) is 1. The topological polar surface area (TPSA) is 96.4 Å². The molecule has 0 saturated carbocycles. The molecule has 8 heteroatoms. The summed E-state index contributed by atoms with van der Waals surface area (Å²) in [4.78, 5) is 16.1. The minimum absolute atomic E-state index is 0.0663. The molecule has 0 spiro atoms. The van der Waals surface area contributed by atoms with Crippen LogP contribution in [-0.2, 0) is 22.9 Å². The summed E-state index contributed by atoms with van der Waals surface area (Å²) in [5.41, 5.74) is 4.13. The van der Waals surface area contributed by atoms with Crippen LogP contribution in [0.15, 0.2) is 71.8 Å². The third-order valence-electron chi connectivity index (χ3n) is 5.90. The van der Waals surface area contributed by atoms with Crippen LogP contribution < -0.4 is 4.72 Å². The highest BCUT2D eigenvalue weighted by Gasteiger charge is 2.21. The second-order valence-corrected chi connectivity index (χ2v) is 10.1. The lowest BCUT2D eigenvalue weighted by molar-refractivity contribution is 0.0699. The summed E-state index contributed by atoms with van der Waals surface area (Å²) < 4.78 is 29.2. The van der Waals surface area contributed by atoms with Gasteiger partial charge in [-0.2, -0.15) is 0 Å². The number of nitrogens with zero attached hydrogens (tertiary/aromatic N) is 1. The molecule has 33 heavy (non-hydrogen) atoms. The molecule has 1 aliphatic carbocycles. The molecule has 0 aliphatic heterocycles. The zero-order chi connectivity index (χ0) is 23.2. The van der Waals surface area contributed by atoms with E-state index in [1.165, 1.54) is 17.8 Å². The number of pyridine rings is 1. The Hall–Kier alpha value is -3.42. The highest BCUT2D eigenvalue weighted by molar-refractivity contribution is 7.92. The van der Waals surface area contributed by atoms with Gasteiger partial charge >= 0.3 is 5.97 Å². The van der Waals surface area contributed by atoms with Crippen molar-refractivity contribution in [2.75, 3.05) is 4.72 Å². The van der Waals surface area contributed by atoms with Crippen molar-refractivity contribution in [2.24, 2.45) is 0 Å². The van der Waals surface area contributed by atoms with Gasteiger partial charge in [0.25, 0.3) is 10.0 Å². The quantitative estimate of drug-likeness (QED) is 0.392. The second kappa shape index (κ2) is 8.17. The fourth-order valence-corrected chi connectivity index (χ4v) is 5.63. The standard InChI is InChI=1S/C25H19ClN2O4S/c26-17-7-11-23(28-33(31,32)18-8-6-15-3-1-4-16(15)13-18)22(14-17)19-9-10-21(25(29)30)24-20(19)5-2-12-27-24/h2,5-14,28H,1,3-4H2,(H,29,30). The summed E-state index contributed by atoms with van der Waals surface area (Å²) in [5.74, 6) is -1.09. The number of carboxylic acids is 1. The molecule has 0 radical (unpaired) electrons. The number of hydrogen-bond donors (Lipinski definition) is 2. The van der Waals surface area contributed by atoms with E-state index in [9.17, 15) is 18.3 Å². The van der Waals surface area contributed by atoms with Gasteiger partial charge in [0.2, 0.25) is 0 Å². The molecular formula is C25H19ClN2O4S. The van der Waals surface area contributed by atoms with E-state index in [1.807, 2.05) is 6.07 Å². The molecule has 0 atom stereocenters. The highest BCUT2D eigenvalue weighted by Crippen LogP contribution is 2.37. The van der Waals surface area contributed by atoms with Gasteiger partial charge in [-0.1, -0.05) is 29.8 Å². The van der Waals surface area contributed by atoms with Gasteiger partial charge in [-0.05, 0) is 78.4 Å². The van der Waals surface area contributed by atoms with Gasteiger partial charge in [0.15, 0.2) is 0 Å². The van der Waals surface area contributed by atoms with E-state index in [-0.39, 0.29) is 10.5 Å². The first kappa shape index (κ1) is 21.4. The van der Waals surface area contributed by atoms with Crippen LogP contribution in [0.3, 0.4) is 0 Å². The van der Waals surface area contributed by atoms with E-state index in [1.54, 1.807) is 48.5 Å². The van der Waals surface area contributed by atoms with E-state index >= 15 is 0 Å². The number of hydrogen-bond acceptors (Lipinski definition) is 4. The minimum Gasteiger partial charge on any atom is -0.478 e. The largest absolute Gasteiger partial charge is 0.478 e. The molecule has 1 heterocycles. The molecule has 166 valence electrons. The molecule has 0 unspecified atom stereocenters. The van der Waals surface area contributed by atoms with Crippen molar-refractivity contribution in [2.45, 2.75) is 24.2 Å². The maximum absolute atomic E-state index is 13.2. The van der Waals surface area contributed by atoms with Crippen LogP contribution in [0.4, 0.5) is 5.69 Å². The smallest absolute Gasteiger partial charge is 0.337 e. The number of aromatic nitrogens is 1. The minimum atomic E-state index is -3.86. The Labute approximate surface area is 195 Å². The maximum Gasteiger partial charge on any atom is 0.337 e. The number of rotatable bonds is 5. The van der Waals surface area contributed by atoms with Crippen molar-refractivity contribution in [1.82, 2.24) is 4.98 Å². The van der Waals surface area contributed by atoms with Gasteiger partial charge in [0, 0.05) is 22.2 Å². The number of benzene rings is 3. The first-order chi connectivity index (χ1) is 15.8. The van der Waals surface area contributed by atoms with Crippen molar-refractivity contribution in [3.8, 4) is 11.1 Å². The number of anilines is 1. The van der Waals surface area contributed by atoms with Crippen molar-refractivity contribution < 1.29 is 18.3 Å². The zero-order valence-electron chi connectivity index (χ0n) is 17.4. The fraction of sp³-hybridized carbons (Fsp3) is 0.120. The average Bonchev–Trinajstić information content (AvgIpc) is 3.27. The molecular weight excluding hydrogens is 460 g/mol. The second-order valence-electron chi connectivity index (χ2n) is 7.94. The molecule has 3 aromatic carbocycles. The van der Waals surface area contributed by atoms with E-state index < -0.39 is 16.0 Å². The summed E-state index contributed by atoms with van der Waals surface area (Å²) in [6.45, 7) is 0. The molecule has 6 nitrogen and oxygen atoms in total. The summed E-state index contributed by atoms with van der Waals surface area (Å²) in [7, 11) is -3.86. The first-order valence-electron chi connectivity index (χ1n) is 10.4. The summed E-state index contributed by atoms with van der Waals surface area (Å²) >= 11 is 6.26. The Morgan fingerprint density at radius 1 is 0.970 bits per heavy atom. The monoisotopic (exact) mass is 478 g/mol. The molecule has 5 rings (SSSR count). The van der Waals surface area contributed by atoms with Crippen molar-refractivity contribution in [1.29, 1.82) is 0 Å². The van der Waals surface area contributed by atoms with Gasteiger partial charge in [0.05, 0.1) is 21.7 Å². The molecule has 1 aromatic heterocycles. The number of fused-ring (bicyclic) bond motifs is 2. The third kappa shape index (κ3) is 3.94. The van der Waals surface area contributed by atoms with Crippen molar-refractivity contribution in [3.63, 3.8) is 0 Å². The van der Waals surface area contributed by atoms with E-state index in [2.05, 4.69) is 9.71 Å². The van der Waals surface area contributed by atoms with Crippen LogP contribution in [-0.4, -0.2) is 24.5 Å². The van der Waals surface area contributed by atoms with Gasteiger partial charge in [0.1, 0.15) is 0 Å². The summed E-state index contributed by atoms with van der Waals surface area (Å²) in [6.07, 6.45) is 4.40. The van der Waals surface area contributed by atoms with E-state index in [4.69, 9.17) is 11.6 Å². The lowest BCUT2D eigenvalue weighted by Gasteiger charge is -2.16. The van der Waals surface area contributed by atoms with Crippen LogP contribution in [0.5, 0.6) is 0 Å². The number of sulfonamides is 1. The number of aromatic carboxylic acids is 1. The Kier molecular flexibility index (Phi) is 5.31. The first-order valence-corrected chi connectivity index (χ1v) is 12.3. The molecule has 4 aromatic rings. The molecule has 0 fully saturated rings. The Morgan fingerprint density at radius 3 is 2.61 bits per heavy atom. The maximum atomic E-state index is 13.2. The molecule has 0 bridgehead atoms. The van der Waals surface area contributed by atoms with Gasteiger partial charge in [-0.15, -0.1) is 0 Å². The van der Waals surface area contributed by atoms with E-state index in [0.29, 0.717) is 32.7 Å². The molecule has 0 saturated heterocycles. The Morgan fingerprint density at radius 2 is 1.79 bits per heavy atom. The predicted octanol–water partition coefficient (Wildman–Crippen LogP) is 5.54. The van der Waals surface area contributed by atoms with Crippen LogP contribution >= 0.6 is 11.6 Å². The lowest BCUT2D eigenvalue weighted by Crippen LogP contribution is -2.14. The Bertz CT molecular complexity index is 1530. The molecule has 0 amide bonds. The number of carboxylic acid groups (broad SMARTS) is 1. The number of halogens is 1. The van der Waals surface area contributed by atoms with Gasteiger partial charge in [-0.25, -0.2) is 13.2 Å². The summed E-state index contributed by atoms with van der Waals surface area (Å²) in [6, 6.07) is 16.7. The SMILES string of the molecule is O=C(O)c1ccc(-c2cc(Cl)ccc2NS(=O)(=O)c2ccc3c(c2)CCC3)c2cccnc12. The molecule has 2 N–H and O–H groups in total. The highest BCUT2D eigenvalue weighted by atomic mass is 35.5. The Balaban J connectivity index is 1.63. The predicted molar refractivity (Wildman–Crippen MR) is 128 cm³/mol. The zero-order valence-corrected chi connectivity index (χ0v) is 18.9.